The van der Waals surface area contributed by atoms with E-state index in [9.17, 15) is 9.59 Å². The molecule has 7 nitrogen and oxygen atoms in total. The van der Waals surface area contributed by atoms with Crippen LogP contribution < -0.4 is 26.0 Å². The van der Waals surface area contributed by atoms with Crippen LogP contribution >= 0.6 is 0 Å². The average Bonchev–Trinajstić information content (AvgIpc) is 3.26. The fraction of sp³-hybridized carbons (Fsp3) is 0.360. The number of aryl methyl sites for hydroxylation is 2. The summed E-state index contributed by atoms with van der Waals surface area (Å²) in [6.45, 7) is 6.13. The van der Waals surface area contributed by atoms with Crippen molar-refractivity contribution in [1.82, 2.24) is 14.5 Å². The molecule has 0 fully saturated rings. The number of ether oxygens (including phenoxy) is 2. The third kappa shape index (κ3) is 4.78. The molecular formula is C25H29N3O4. The maximum absolute atomic E-state index is 12.1. The minimum Gasteiger partial charge on any atom is -0.493 e. The summed E-state index contributed by atoms with van der Waals surface area (Å²) in [5, 5.41) is 3.58. The number of benzene rings is 2. The molecule has 0 saturated carbocycles. The zero-order valence-electron chi connectivity index (χ0n) is 18.8. The van der Waals surface area contributed by atoms with Gasteiger partial charge >= 0.3 is 5.69 Å². The maximum atomic E-state index is 12.1. The second-order valence-electron chi connectivity index (χ2n) is 8.22. The molecule has 1 N–H and O–H groups in total. The van der Waals surface area contributed by atoms with E-state index in [0.29, 0.717) is 0 Å². The quantitative estimate of drug-likeness (QED) is 0.589. The Morgan fingerprint density at radius 2 is 2.00 bits per heavy atom. The van der Waals surface area contributed by atoms with Crippen LogP contribution in [0.2, 0.25) is 0 Å². The van der Waals surface area contributed by atoms with Crippen molar-refractivity contribution in [2.45, 2.75) is 39.4 Å². The van der Waals surface area contributed by atoms with Crippen LogP contribution in [0.4, 0.5) is 0 Å². The highest BCUT2D eigenvalue weighted by molar-refractivity contribution is 5.41. The zero-order chi connectivity index (χ0) is 22.7. The van der Waals surface area contributed by atoms with Gasteiger partial charge < -0.3 is 19.4 Å². The Balaban J connectivity index is 1.33. The third-order valence-electron chi connectivity index (χ3n) is 5.88. The van der Waals surface area contributed by atoms with Crippen molar-refractivity contribution in [2.24, 2.45) is 7.05 Å². The molecule has 1 aromatic heterocycles. The lowest BCUT2D eigenvalue weighted by molar-refractivity contribution is 0.290. The predicted octanol–water partition coefficient (Wildman–Crippen LogP) is 2.72. The summed E-state index contributed by atoms with van der Waals surface area (Å²) in [6.07, 6.45) is 2.45. The van der Waals surface area contributed by atoms with Crippen LogP contribution in [0.1, 0.15) is 35.2 Å². The van der Waals surface area contributed by atoms with E-state index in [2.05, 4.69) is 36.5 Å². The van der Waals surface area contributed by atoms with Gasteiger partial charge in [-0.05, 0) is 48.2 Å². The van der Waals surface area contributed by atoms with Crippen LogP contribution in [0.25, 0.3) is 0 Å². The summed E-state index contributed by atoms with van der Waals surface area (Å²) in [4.78, 5) is 24.0. The van der Waals surface area contributed by atoms with E-state index in [1.165, 1.54) is 38.1 Å². The van der Waals surface area contributed by atoms with E-state index >= 15 is 0 Å². The number of aromatic nitrogens is 2. The van der Waals surface area contributed by atoms with E-state index in [4.69, 9.17) is 9.47 Å². The molecule has 0 radical (unpaired) electrons. The van der Waals surface area contributed by atoms with Crippen LogP contribution in [0.15, 0.2) is 58.3 Å². The van der Waals surface area contributed by atoms with Crippen molar-refractivity contribution in [3.05, 3.63) is 91.8 Å². The van der Waals surface area contributed by atoms with Gasteiger partial charge in [-0.2, -0.15) is 0 Å². The summed E-state index contributed by atoms with van der Waals surface area (Å²) < 4.78 is 14.0. The van der Waals surface area contributed by atoms with Crippen molar-refractivity contribution in [3.63, 3.8) is 0 Å². The fourth-order valence-electron chi connectivity index (χ4n) is 3.91. The van der Waals surface area contributed by atoms with Gasteiger partial charge in [0.15, 0.2) is 0 Å². The zero-order valence-corrected chi connectivity index (χ0v) is 18.8. The van der Waals surface area contributed by atoms with E-state index in [1.807, 2.05) is 19.1 Å². The van der Waals surface area contributed by atoms with Gasteiger partial charge in [-0.3, -0.25) is 9.36 Å². The van der Waals surface area contributed by atoms with Crippen LogP contribution in [0.5, 0.6) is 11.5 Å². The largest absolute Gasteiger partial charge is 0.493 e. The molecule has 1 unspecified atom stereocenters. The molecule has 2 heterocycles. The highest BCUT2D eigenvalue weighted by atomic mass is 16.5. The van der Waals surface area contributed by atoms with Gasteiger partial charge in [0.2, 0.25) is 0 Å². The molecule has 0 amide bonds. The highest BCUT2D eigenvalue weighted by Gasteiger charge is 2.14. The number of hydrogen-bond donors (Lipinski definition) is 1. The van der Waals surface area contributed by atoms with Crippen molar-refractivity contribution in [3.8, 4) is 11.5 Å². The molecule has 0 saturated heterocycles. The fourth-order valence-corrected chi connectivity index (χ4v) is 3.91. The Labute approximate surface area is 187 Å². The summed E-state index contributed by atoms with van der Waals surface area (Å²) in [7, 11) is 1.62. The molecule has 4 rings (SSSR count). The first-order chi connectivity index (χ1) is 15.4. The summed E-state index contributed by atoms with van der Waals surface area (Å²) >= 11 is 0. The minimum atomic E-state index is -0.343. The predicted molar refractivity (Wildman–Crippen MR) is 124 cm³/mol. The Morgan fingerprint density at radius 1 is 1.16 bits per heavy atom. The van der Waals surface area contributed by atoms with Crippen LogP contribution in [0.3, 0.4) is 0 Å². The Bertz CT molecular complexity index is 1230. The standard InChI is InChI=1S/C25H29N3O4/c1-17-14-19(16-26-18(2)20-5-7-23-21(15-20)9-12-31-23)4-6-22(17)32-13-11-28-24(29)8-10-27(3)25(28)30/h4-8,10,14-15,18,26H,9,11-13,16H2,1-3H3. The normalized spacial score (nSPS) is 13.5. The van der Waals surface area contributed by atoms with Gasteiger partial charge in [-0.25, -0.2) is 4.79 Å². The van der Waals surface area contributed by atoms with Crippen LogP contribution in [0, 0.1) is 6.92 Å². The Morgan fingerprint density at radius 3 is 2.81 bits per heavy atom. The number of hydrogen-bond acceptors (Lipinski definition) is 5. The highest BCUT2D eigenvalue weighted by Crippen LogP contribution is 2.28. The summed E-state index contributed by atoms with van der Waals surface area (Å²) in [5.74, 6) is 1.76. The first-order valence-electron chi connectivity index (χ1n) is 10.9. The molecule has 1 aliphatic heterocycles. The van der Waals surface area contributed by atoms with E-state index in [-0.39, 0.29) is 30.4 Å². The molecule has 1 atom stereocenters. The van der Waals surface area contributed by atoms with Gasteiger partial charge in [-0.1, -0.05) is 24.3 Å². The van der Waals surface area contributed by atoms with Crippen LogP contribution in [-0.2, 0) is 26.6 Å². The smallest absolute Gasteiger partial charge is 0.330 e. The Kier molecular flexibility index (Phi) is 6.46. The molecule has 168 valence electrons. The summed E-state index contributed by atoms with van der Waals surface area (Å²) in [6, 6.07) is 14.1. The average molecular weight is 436 g/mol. The lowest BCUT2D eigenvalue weighted by Crippen LogP contribution is -2.39. The lowest BCUT2D eigenvalue weighted by atomic mass is 10.0. The second-order valence-corrected chi connectivity index (χ2v) is 8.22. The van der Waals surface area contributed by atoms with Crippen molar-refractivity contribution in [2.75, 3.05) is 13.2 Å². The van der Waals surface area contributed by atoms with E-state index in [1.54, 1.807) is 7.05 Å². The number of rotatable bonds is 8. The molecule has 0 spiro atoms. The topological polar surface area (TPSA) is 74.5 Å². The lowest BCUT2D eigenvalue weighted by Gasteiger charge is -2.16. The molecule has 0 bridgehead atoms. The van der Waals surface area contributed by atoms with Crippen molar-refractivity contribution in [1.29, 1.82) is 0 Å². The summed E-state index contributed by atoms with van der Waals surface area (Å²) in [5.41, 5.74) is 4.06. The molecular weight excluding hydrogens is 406 g/mol. The SMILES string of the molecule is Cc1cc(CNC(C)c2ccc3c(c2)CCO3)ccc1OCCn1c(=O)ccn(C)c1=O. The van der Waals surface area contributed by atoms with Crippen molar-refractivity contribution >= 4 is 0 Å². The first-order valence-corrected chi connectivity index (χ1v) is 10.9. The Hall–Kier alpha value is -3.32. The molecule has 0 aliphatic carbocycles. The van der Waals surface area contributed by atoms with Gasteiger partial charge in [0.05, 0.1) is 13.2 Å². The van der Waals surface area contributed by atoms with Crippen molar-refractivity contribution < 1.29 is 9.47 Å². The molecule has 7 heteroatoms. The molecule has 3 aromatic rings. The second kappa shape index (κ2) is 9.44. The number of fused-ring (bicyclic) bond motifs is 1. The van der Waals surface area contributed by atoms with Gasteiger partial charge in [0, 0.05) is 38.3 Å². The van der Waals surface area contributed by atoms with Crippen LogP contribution in [-0.4, -0.2) is 22.3 Å². The van der Waals surface area contributed by atoms with E-state index < -0.39 is 0 Å². The minimum absolute atomic E-state index is 0.207. The molecule has 1 aliphatic rings. The van der Waals surface area contributed by atoms with Gasteiger partial charge in [-0.15, -0.1) is 0 Å². The maximum Gasteiger partial charge on any atom is 0.330 e. The van der Waals surface area contributed by atoms with E-state index in [0.717, 1.165) is 36.6 Å². The first kappa shape index (κ1) is 21.9. The monoisotopic (exact) mass is 435 g/mol. The van der Waals surface area contributed by atoms with Gasteiger partial charge in [0.1, 0.15) is 18.1 Å². The van der Waals surface area contributed by atoms with Gasteiger partial charge in [0.25, 0.3) is 5.56 Å². The third-order valence-corrected chi connectivity index (χ3v) is 5.88. The number of nitrogens with one attached hydrogen (secondary N) is 1. The number of nitrogens with zero attached hydrogens (tertiary/aromatic N) is 2. The molecule has 32 heavy (non-hydrogen) atoms. The molecule has 2 aromatic carbocycles.